The smallest absolute Gasteiger partial charge is 0.469 e. The number of rotatable bonds is 3. The number of pyridine rings is 1. The summed E-state index contributed by atoms with van der Waals surface area (Å²) in [6, 6.07) is 1.16. The molecule has 1 rings (SSSR count). The molecule has 1 heterocycles. The van der Waals surface area contributed by atoms with E-state index < -0.39 is 18.2 Å². The molecular formula is C10H9F3INO3. The number of carbonyl (C=O) groups is 1. The number of alkyl halides is 3. The van der Waals surface area contributed by atoms with Crippen LogP contribution in [0.25, 0.3) is 0 Å². The van der Waals surface area contributed by atoms with Gasteiger partial charge in [0.1, 0.15) is 0 Å². The number of ether oxygens (including phenoxy) is 2. The lowest BCUT2D eigenvalue weighted by Crippen LogP contribution is -2.19. The van der Waals surface area contributed by atoms with Gasteiger partial charge in [-0.2, -0.15) is 0 Å². The number of esters is 1. The molecule has 1 aromatic heterocycles. The zero-order chi connectivity index (χ0) is 13.9. The van der Waals surface area contributed by atoms with Crippen molar-refractivity contribution in [1.82, 2.24) is 4.98 Å². The lowest BCUT2D eigenvalue weighted by atomic mass is 10.2. The molecule has 0 unspecified atom stereocenters. The van der Waals surface area contributed by atoms with Crippen molar-refractivity contribution in [1.29, 1.82) is 0 Å². The number of carbonyl (C=O) groups excluding carboxylic acids is 1. The summed E-state index contributed by atoms with van der Waals surface area (Å²) in [7, 11) is 1.19. The standard InChI is InChI=1S/C10H9F3INO3/c1-5-3-7(18-10(11,12)13)15-6(9(5)14)4-8(16)17-2/h3H,4H2,1-2H3. The van der Waals surface area contributed by atoms with Crippen molar-refractivity contribution in [3.8, 4) is 5.88 Å². The van der Waals surface area contributed by atoms with Gasteiger partial charge in [-0.15, -0.1) is 13.2 Å². The second-order valence-electron chi connectivity index (χ2n) is 3.34. The summed E-state index contributed by atoms with van der Waals surface area (Å²) in [6.45, 7) is 1.60. The quantitative estimate of drug-likeness (QED) is 0.602. The predicted octanol–water partition coefficient (Wildman–Crippen LogP) is 2.61. The molecule has 4 nitrogen and oxygen atoms in total. The highest BCUT2D eigenvalue weighted by Gasteiger charge is 2.32. The third-order valence-corrected chi connectivity index (χ3v) is 3.42. The molecule has 0 N–H and O–H groups in total. The maximum atomic E-state index is 12.1. The molecule has 0 aliphatic carbocycles. The number of methoxy groups -OCH3 is 1. The van der Waals surface area contributed by atoms with Crippen LogP contribution >= 0.6 is 22.6 Å². The van der Waals surface area contributed by atoms with Gasteiger partial charge in [0.15, 0.2) is 0 Å². The van der Waals surface area contributed by atoms with Gasteiger partial charge in [0.2, 0.25) is 5.88 Å². The second kappa shape index (κ2) is 5.72. The summed E-state index contributed by atoms with van der Waals surface area (Å²) in [6.07, 6.45) is -5.01. The number of halogens is 4. The number of hydrogen-bond donors (Lipinski definition) is 0. The van der Waals surface area contributed by atoms with E-state index in [1.165, 1.54) is 7.11 Å². The van der Waals surface area contributed by atoms with Crippen molar-refractivity contribution < 1.29 is 27.4 Å². The molecule has 18 heavy (non-hydrogen) atoms. The summed E-state index contributed by atoms with van der Waals surface area (Å²) < 4.78 is 45.0. The Balaban J connectivity index is 3.06. The fraction of sp³-hybridized carbons (Fsp3) is 0.400. The van der Waals surface area contributed by atoms with Crippen LogP contribution in [0.4, 0.5) is 13.2 Å². The molecule has 0 fully saturated rings. The van der Waals surface area contributed by atoms with Gasteiger partial charge in [-0.3, -0.25) is 4.79 Å². The number of aryl methyl sites for hydroxylation is 1. The first-order chi connectivity index (χ1) is 8.23. The molecule has 1 aromatic rings. The molecule has 0 amide bonds. The molecular weight excluding hydrogens is 366 g/mol. The fourth-order valence-corrected chi connectivity index (χ4v) is 1.65. The first-order valence-corrected chi connectivity index (χ1v) is 5.79. The van der Waals surface area contributed by atoms with Crippen LogP contribution in [0.15, 0.2) is 6.07 Å². The average Bonchev–Trinajstić information content (AvgIpc) is 2.22. The second-order valence-corrected chi connectivity index (χ2v) is 4.42. The van der Waals surface area contributed by atoms with E-state index in [1.807, 2.05) is 22.6 Å². The van der Waals surface area contributed by atoms with E-state index in [4.69, 9.17) is 0 Å². The molecule has 100 valence electrons. The van der Waals surface area contributed by atoms with E-state index in [1.54, 1.807) is 6.92 Å². The molecule has 0 aliphatic rings. The first kappa shape index (κ1) is 15.0. The topological polar surface area (TPSA) is 48.4 Å². The Morgan fingerprint density at radius 1 is 1.50 bits per heavy atom. The lowest BCUT2D eigenvalue weighted by molar-refractivity contribution is -0.276. The van der Waals surface area contributed by atoms with E-state index in [0.29, 0.717) is 9.13 Å². The van der Waals surface area contributed by atoms with Crippen LogP contribution in [0.3, 0.4) is 0 Å². The van der Waals surface area contributed by atoms with Gasteiger partial charge < -0.3 is 9.47 Å². The predicted molar refractivity (Wildman–Crippen MR) is 64.1 cm³/mol. The monoisotopic (exact) mass is 375 g/mol. The highest BCUT2D eigenvalue weighted by atomic mass is 127. The highest BCUT2D eigenvalue weighted by molar-refractivity contribution is 14.1. The summed E-state index contributed by atoms with van der Waals surface area (Å²) in [4.78, 5) is 14.8. The maximum Gasteiger partial charge on any atom is 0.574 e. The van der Waals surface area contributed by atoms with Crippen LogP contribution in [0.1, 0.15) is 11.3 Å². The normalized spacial score (nSPS) is 11.2. The summed E-state index contributed by atoms with van der Waals surface area (Å²) >= 11 is 1.90. The molecule has 0 aromatic carbocycles. The third-order valence-electron chi connectivity index (χ3n) is 1.94. The number of hydrogen-bond acceptors (Lipinski definition) is 4. The van der Waals surface area contributed by atoms with E-state index in [9.17, 15) is 18.0 Å². The van der Waals surface area contributed by atoms with Gasteiger partial charge in [-0.1, -0.05) is 0 Å². The van der Waals surface area contributed by atoms with Gasteiger partial charge in [-0.25, -0.2) is 4.98 Å². The molecule has 0 aliphatic heterocycles. The van der Waals surface area contributed by atoms with Crippen LogP contribution < -0.4 is 4.74 Å². The van der Waals surface area contributed by atoms with Crippen molar-refractivity contribution in [2.24, 2.45) is 0 Å². The van der Waals surface area contributed by atoms with Gasteiger partial charge in [0.05, 0.1) is 19.2 Å². The zero-order valence-electron chi connectivity index (χ0n) is 9.47. The molecule has 8 heteroatoms. The number of nitrogens with zero attached hydrogens (tertiary/aromatic N) is 1. The molecule has 0 radical (unpaired) electrons. The molecule has 0 spiro atoms. The van der Waals surface area contributed by atoms with Crippen molar-refractivity contribution in [3.63, 3.8) is 0 Å². The molecule has 0 saturated carbocycles. The molecule has 0 saturated heterocycles. The van der Waals surface area contributed by atoms with Crippen LogP contribution in [0.5, 0.6) is 5.88 Å². The van der Waals surface area contributed by atoms with Crippen molar-refractivity contribution >= 4 is 28.6 Å². The average molecular weight is 375 g/mol. The minimum atomic E-state index is -4.81. The van der Waals surface area contributed by atoms with Crippen LogP contribution in [-0.2, 0) is 16.0 Å². The van der Waals surface area contributed by atoms with E-state index in [-0.39, 0.29) is 12.1 Å². The van der Waals surface area contributed by atoms with Gasteiger partial charge in [0.25, 0.3) is 0 Å². The van der Waals surface area contributed by atoms with Gasteiger partial charge in [0, 0.05) is 9.64 Å². The zero-order valence-corrected chi connectivity index (χ0v) is 11.6. The SMILES string of the molecule is COC(=O)Cc1nc(OC(F)(F)F)cc(C)c1I. The van der Waals surface area contributed by atoms with E-state index in [2.05, 4.69) is 14.5 Å². The molecule has 0 atom stereocenters. The first-order valence-electron chi connectivity index (χ1n) is 4.71. The molecule has 0 bridgehead atoms. The highest BCUT2D eigenvalue weighted by Crippen LogP contribution is 2.25. The Labute approximate surface area is 115 Å². The summed E-state index contributed by atoms with van der Waals surface area (Å²) in [5, 5.41) is 0. The Morgan fingerprint density at radius 3 is 2.61 bits per heavy atom. The van der Waals surface area contributed by atoms with Crippen molar-refractivity contribution in [2.45, 2.75) is 19.7 Å². The van der Waals surface area contributed by atoms with Crippen LogP contribution in [0.2, 0.25) is 0 Å². The summed E-state index contributed by atoms with van der Waals surface area (Å²) in [5.74, 6) is -1.16. The van der Waals surface area contributed by atoms with Crippen molar-refractivity contribution in [2.75, 3.05) is 7.11 Å². The Kier molecular flexibility index (Phi) is 4.77. The Hall–Kier alpha value is -1.06. The van der Waals surface area contributed by atoms with E-state index >= 15 is 0 Å². The third kappa shape index (κ3) is 4.31. The van der Waals surface area contributed by atoms with Crippen LogP contribution in [0, 0.1) is 10.5 Å². The van der Waals surface area contributed by atoms with Gasteiger partial charge >= 0.3 is 12.3 Å². The minimum absolute atomic E-state index is 0.196. The van der Waals surface area contributed by atoms with E-state index in [0.717, 1.165) is 6.07 Å². The van der Waals surface area contributed by atoms with Gasteiger partial charge in [-0.05, 0) is 35.1 Å². The lowest BCUT2D eigenvalue weighted by Gasteiger charge is -2.11. The van der Waals surface area contributed by atoms with Crippen LogP contribution in [-0.4, -0.2) is 24.4 Å². The fourth-order valence-electron chi connectivity index (χ4n) is 1.19. The van der Waals surface area contributed by atoms with Crippen molar-refractivity contribution in [3.05, 3.63) is 20.9 Å². The Bertz CT molecular complexity index is 462. The maximum absolute atomic E-state index is 12.1. The number of aromatic nitrogens is 1. The minimum Gasteiger partial charge on any atom is -0.469 e. The largest absolute Gasteiger partial charge is 0.574 e. The summed E-state index contributed by atoms with van der Waals surface area (Å²) in [5.41, 5.74) is 0.741. The Morgan fingerprint density at radius 2 is 2.11 bits per heavy atom.